The molecule has 1 aliphatic rings. The van der Waals surface area contributed by atoms with Gasteiger partial charge in [-0.3, -0.25) is 4.79 Å². The molecule has 0 bridgehead atoms. The van der Waals surface area contributed by atoms with E-state index in [0.717, 1.165) is 36.4 Å². The van der Waals surface area contributed by atoms with E-state index in [9.17, 15) is 9.18 Å². The molecule has 132 valence electrons. The van der Waals surface area contributed by atoms with Gasteiger partial charge in [0.15, 0.2) is 0 Å². The molecule has 1 N–H and O–H groups in total. The minimum absolute atomic E-state index is 0.00535. The number of aryl methyl sites for hydroxylation is 1. The van der Waals surface area contributed by atoms with Crippen LogP contribution in [0.1, 0.15) is 17.5 Å². The van der Waals surface area contributed by atoms with Crippen molar-refractivity contribution >= 4 is 11.6 Å². The van der Waals surface area contributed by atoms with Crippen molar-refractivity contribution in [3.63, 3.8) is 0 Å². The van der Waals surface area contributed by atoms with Gasteiger partial charge in [-0.05, 0) is 60.7 Å². The number of fused-ring (bicyclic) bond motifs is 1. The lowest BCUT2D eigenvalue weighted by Crippen LogP contribution is -2.40. The molecule has 1 amide bonds. The van der Waals surface area contributed by atoms with Crippen LogP contribution in [0.4, 0.5) is 10.1 Å². The van der Waals surface area contributed by atoms with E-state index < -0.39 is 0 Å². The van der Waals surface area contributed by atoms with Crippen molar-refractivity contribution < 1.29 is 13.9 Å². The Labute approximate surface area is 147 Å². The molecule has 0 unspecified atom stereocenters. The third-order valence-corrected chi connectivity index (χ3v) is 4.49. The fraction of sp³-hybridized carbons (Fsp3) is 0.350. The van der Waals surface area contributed by atoms with Crippen molar-refractivity contribution in [2.24, 2.45) is 0 Å². The zero-order valence-electron chi connectivity index (χ0n) is 14.4. The number of hydrogen-bond acceptors (Lipinski definition) is 3. The van der Waals surface area contributed by atoms with Crippen molar-refractivity contribution in [1.82, 2.24) is 5.32 Å². The monoisotopic (exact) mass is 342 g/mol. The van der Waals surface area contributed by atoms with Crippen LogP contribution in [0.25, 0.3) is 0 Å². The molecule has 0 aromatic heterocycles. The average Bonchev–Trinajstić information content (AvgIpc) is 2.63. The topological polar surface area (TPSA) is 41.6 Å². The lowest BCUT2D eigenvalue weighted by molar-refractivity contribution is -0.119. The van der Waals surface area contributed by atoms with Crippen LogP contribution < -0.4 is 15.0 Å². The summed E-state index contributed by atoms with van der Waals surface area (Å²) in [6.45, 7) is 1.78. The van der Waals surface area contributed by atoms with Gasteiger partial charge in [0.2, 0.25) is 5.91 Å². The number of nitrogens with one attached hydrogen (secondary N) is 1. The minimum atomic E-state index is -0.242. The smallest absolute Gasteiger partial charge is 0.239 e. The molecular formula is C20H23FN2O2. The average molecular weight is 342 g/mol. The maximum atomic E-state index is 12.9. The van der Waals surface area contributed by atoms with Gasteiger partial charge in [-0.2, -0.15) is 0 Å². The van der Waals surface area contributed by atoms with E-state index in [1.54, 1.807) is 19.2 Å². The second-order valence-corrected chi connectivity index (χ2v) is 6.25. The molecular weight excluding hydrogens is 319 g/mol. The second kappa shape index (κ2) is 8.01. The molecule has 5 heteroatoms. The number of carbonyl (C=O) groups excluding carboxylic acids is 1. The largest absolute Gasteiger partial charge is 0.497 e. The van der Waals surface area contributed by atoms with Crippen molar-refractivity contribution in [2.75, 3.05) is 31.6 Å². The Bertz CT molecular complexity index is 731. The Balaban J connectivity index is 1.52. The Morgan fingerprint density at radius 3 is 2.80 bits per heavy atom. The number of methoxy groups -OCH3 is 1. The molecule has 25 heavy (non-hydrogen) atoms. The SMILES string of the molecule is COc1ccc2c(c1)CCCN2CC(=O)NCCc1ccc(F)cc1. The first-order valence-corrected chi connectivity index (χ1v) is 8.59. The van der Waals surface area contributed by atoms with Crippen LogP contribution in [0.5, 0.6) is 5.75 Å². The number of ether oxygens (including phenoxy) is 1. The van der Waals surface area contributed by atoms with Crippen molar-refractivity contribution in [1.29, 1.82) is 0 Å². The number of nitrogens with zero attached hydrogens (tertiary/aromatic N) is 1. The normalized spacial score (nSPS) is 13.3. The molecule has 0 radical (unpaired) electrons. The third kappa shape index (κ3) is 4.50. The highest BCUT2D eigenvalue weighted by Gasteiger charge is 2.19. The van der Waals surface area contributed by atoms with Crippen LogP contribution in [0.15, 0.2) is 42.5 Å². The number of anilines is 1. The highest BCUT2D eigenvalue weighted by atomic mass is 19.1. The van der Waals surface area contributed by atoms with Gasteiger partial charge in [-0.15, -0.1) is 0 Å². The number of carbonyl (C=O) groups is 1. The molecule has 2 aromatic carbocycles. The lowest BCUT2D eigenvalue weighted by atomic mass is 10.0. The van der Waals surface area contributed by atoms with Gasteiger partial charge in [0.1, 0.15) is 11.6 Å². The molecule has 0 spiro atoms. The first-order valence-electron chi connectivity index (χ1n) is 8.59. The first-order chi connectivity index (χ1) is 12.2. The van der Waals surface area contributed by atoms with E-state index in [1.807, 2.05) is 18.2 Å². The van der Waals surface area contributed by atoms with E-state index in [0.29, 0.717) is 19.5 Å². The van der Waals surface area contributed by atoms with Crippen LogP contribution in [0.3, 0.4) is 0 Å². The molecule has 2 aromatic rings. The summed E-state index contributed by atoms with van der Waals surface area (Å²) in [6, 6.07) is 12.4. The minimum Gasteiger partial charge on any atom is -0.497 e. The molecule has 1 aliphatic heterocycles. The van der Waals surface area contributed by atoms with Gasteiger partial charge in [-0.1, -0.05) is 12.1 Å². The summed E-state index contributed by atoms with van der Waals surface area (Å²) in [6.07, 6.45) is 2.73. The summed E-state index contributed by atoms with van der Waals surface area (Å²) >= 11 is 0. The van der Waals surface area contributed by atoms with Gasteiger partial charge in [-0.25, -0.2) is 4.39 Å². The van der Waals surface area contributed by atoms with E-state index >= 15 is 0 Å². The number of halogens is 1. The van der Waals surface area contributed by atoms with Crippen LogP contribution in [0, 0.1) is 5.82 Å². The Morgan fingerprint density at radius 2 is 2.04 bits per heavy atom. The Hall–Kier alpha value is -2.56. The summed E-state index contributed by atoms with van der Waals surface area (Å²) in [5.74, 6) is 0.614. The van der Waals surface area contributed by atoms with Gasteiger partial charge in [0.05, 0.1) is 13.7 Å². The third-order valence-electron chi connectivity index (χ3n) is 4.49. The van der Waals surface area contributed by atoms with E-state index in [4.69, 9.17) is 4.74 Å². The molecule has 4 nitrogen and oxygen atoms in total. The quantitative estimate of drug-likeness (QED) is 0.878. The second-order valence-electron chi connectivity index (χ2n) is 6.25. The predicted molar refractivity (Wildman–Crippen MR) is 96.6 cm³/mol. The summed E-state index contributed by atoms with van der Waals surface area (Å²) in [5.41, 5.74) is 3.35. The lowest BCUT2D eigenvalue weighted by Gasteiger charge is -2.31. The summed E-state index contributed by atoms with van der Waals surface area (Å²) in [4.78, 5) is 14.4. The number of amides is 1. The van der Waals surface area contributed by atoms with Crippen molar-refractivity contribution in [3.05, 3.63) is 59.4 Å². The zero-order chi connectivity index (χ0) is 17.6. The highest BCUT2D eigenvalue weighted by molar-refractivity contribution is 5.82. The molecule has 0 aliphatic carbocycles. The number of rotatable bonds is 6. The van der Waals surface area contributed by atoms with E-state index in [-0.39, 0.29) is 11.7 Å². The maximum absolute atomic E-state index is 12.9. The van der Waals surface area contributed by atoms with Gasteiger partial charge < -0.3 is 15.0 Å². The Morgan fingerprint density at radius 1 is 1.24 bits per heavy atom. The van der Waals surface area contributed by atoms with Crippen LogP contribution in [-0.4, -0.2) is 32.7 Å². The van der Waals surface area contributed by atoms with Gasteiger partial charge in [0.25, 0.3) is 0 Å². The fourth-order valence-electron chi connectivity index (χ4n) is 3.17. The van der Waals surface area contributed by atoms with E-state index in [1.165, 1.54) is 17.7 Å². The van der Waals surface area contributed by atoms with Gasteiger partial charge >= 0.3 is 0 Å². The Kier molecular flexibility index (Phi) is 5.53. The van der Waals surface area contributed by atoms with E-state index in [2.05, 4.69) is 10.2 Å². The van der Waals surface area contributed by atoms with Gasteiger partial charge in [0, 0.05) is 18.8 Å². The molecule has 1 heterocycles. The summed E-state index contributed by atoms with van der Waals surface area (Å²) < 4.78 is 18.2. The summed E-state index contributed by atoms with van der Waals surface area (Å²) in [7, 11) is 1.66. The summed E-state index contributed by atoms with van der Waals surface area (Å²) in [5, 5.41) is 2.95. The molecule has 0 saturated carbocycles. The maximum Gasteiger partial charge on any atom is 0.239 e. The highest BCUT2D eigenvalue weighted by Crippen LogP contribution is 2.30. The number of benzene rings is 2. The molecule has 0 fully saturated rings. The zero-order valence-corrected chi connectivity index (χ0v) is 14.4. The first kappa shape index (κ1) is 17.3. The molecule has 3 rings (SSSR count). The van der Waals surface area contributed by atoms with Crippen LogP contribution in [0.2, 0.25) is 0 Å². The van der Waals surface area contributed by atoms with Crippen LogP contribution >= 0.6 is 0 Å². The predicted octanol–water partition coefficient (Wildman–Crippen LogP) is 2.95. The number of hydrogen-bond donors (Lipinski definition) is 1. The van der Waals surface area contributed by atoms with Crippen molar-refractivity contribution in [2.45, 2.75) is 19.3 Å². The standard InChI is InChI=1S/C20H23FN2O2/c1-25-18-8-9-19-16(13-18)3-2-12-23(19)14-20(24)22-11-10-15-4-6-17(21)7-5-15/h4-9,13H,2-3,10-12,14H2,1H3,(H,22,24). The van der Waals surface area contributed by atoms with Crippen molar-refractivity contribution in [3.8, 4) is 5.75 Å². The van der Waals surface area contributed by atoms with Crippen LogP contribution in [-0.2, 0) is 17.6 Å². The molecule has 0 saturated heterocycles. The fourth-order valence-corrected chi connectivity index (χ4v) is 3.17. The molecule has 0 atom stereocenters.